The minimum atomic E-state index is -0.460. The number of halogens is 2. The Hall–Kier alpha value is -1.86. The van der Waals surface area contributed by atoms with Crippen LogP contribution in [0.1, 0.15) is 25.3 Å². The average Bonchev–Trinajstić information content (AvgIpc) is 2.64. The largest absolute Gasteiger partial charge is 0.342 e. The molecule has 0 saturated carbocycles. The Morgan fingerprint density at radius 1 is 1.08 bits per heavy atom. The molecule has 130 valence electrons. The van der Waals surface area contributed by atoms with Crippen LogP contribution in [0.3, 0.4) is 0 Å². The zero-order valence-electron chi connectivity index (χ0n) is 14.1. The third kappa shape index (κ3) is 4.83. The smallest absolute Gasteiger partial charge is 0.222 e. The van der Waals surface area contributed by atoms with Crippen LogP contribution in [0.4, 0.5) is 4.39 Å². The fourth-order valence-corrected chi connectivity index (χ4v) is 2.88. The first-order chi connectivity index (χ1) is 12.2. The van der Waals surface area contributed by atoms with Crippen LogP contribution < -0.4 is 0 Å². The lowest BCUT2D eigenvalue weighted by atomic mass is 10.0. The van der Waals surface area contributed by atoms with Crippen LogP contribution in [-0.4, -0.2) is 19.5 Å². The van der Waals surface area contributed by atoms with E-state index in [1.807, 2.05) is 24.3 Å². The van der Waals surface area contributed by atoms with Crippen molar-refractivity contribution in [2.75, 3.05) is 13.2 Å². The second kappa shape index (κ2) is 8.49. The van der Waals surface area contributed by atoms with Crippen molar-refractivity contribution in [2.45, 2.75) is 26.1 Å². The lowest BCUT2D eigenvalue weighted by Crippen LogP contribution is -2.31. The van der Waals surface area contributed by atoms with E-state index in [0.717, 1.165) is 29.5 Å². The first-order valence-corrected chi connectivity index (χ1v) is 8.83. The predicted octanol–water partition coefficient (Wildman–Crippen LogP) is 5.29. The first-order valence-electron chi connectivity index (χ1n) is 8.46. The summed E-state index contributed by atoms with van der Waals surface area (Å²) in [7, 11) is 0. The van der Waals surface area contributed by atoms with Gasteiger partial charge in [0.15, 0.2) is 0 Å². The minimum absolute atomic E-state index is 0.125. The molecule has 0 N–H and O–H groups in total. The summed E-state index contributed by atoms with van der Waals surface area (Å²) in [4.78, 5) is 0. The molecule has 2 aromatic carbocycles. The fourth-order valence-electron chi connectivity index (χ4n) is 2.77. The van der Waals surface area contributed by atoms with Gasteiger partial charge in [0.25, 0.3) is 0 Å². The van der Waals surface area contributed by atoms with Crippen LogP contribution in [-0.2, 0) is 9.47 Å². The van der Waals surface area contributed by atoms with E-state index in [0.29, 0.717) is 19.1 Å². The molecule has 0 atom stereocenters. The van der Waals surface area contributed by atoms with Gasteiger partial charge in [-0.15, -0.1) is 0 Å². The topological polar surface area (TPSA) is 18.5 Å². The van der Waals surface area contributed by atoms with Crippen molar-refractivity contribution in [3.8, 4) is 23.0 Å². The molecule has 0 spiro atoms. The summed E-state index contributed by atoms with van der Waals surface area (Å²) in [5.41, 5.74) is 2.55. The van der Waals surface area contributed by atoms with Gasteiger partial charge in [0.1, 0.15) is 5.82 Å². The third-order valence-electron chi connectivity index (χ3n) is 4.14. The van der Waals surface area contributed by atoms with Crippen molar-refractivity contribution in [2.24, 2.45) is 5.92 Å². The molecular formula is C21H20ClFO2. The third-order valence-corrected chi connectivity index (χ3v) is 4.44. The summed E-state index contributed by atoms with van der Waals surface area (Å²) in [6.45, 7) is 3.57. The van der Waals surface area contributed by atoms with E-state index in [1.54, 1.807) is 12.1 Å². The second-order valence-corrected chi connectivity index (χ2v) is 6.54. The monoisotopic (exact) mass is 358 g/mol. The van der Waals surface area contributed by atoms with Gasteiger partial charge in [-0.3, -0.25) is 0 Å². The summed E-state index contributed by atoms with van der Waals surface area (Å²) in [5, 5.41) is 0.125. The zero-order valence-corrected chi connectivity index (χ0v) is 14.9. The summed E-state index contributed by atoms with van der Waals surface area (Å²) in [6.07, 6.45) is 1.79. The van der Waals surface area contributed by atoms with Gasteiger partial charge in [-0.1, -0.05) is 49.1 Å². The van der Waals surface area contributed by atoms with Crippen molar-refractivity contribution < 1.29 is 13.9 Å². The Balaban J connectivity index is 1.63. The Morgan fingerprint density at radius 3 is 2.40 bits per heavy atom. The van der Waals surface area contributed by atoms with Crippen LogP contribution in [0, 0.1) is 23.6 Å². The van der Waals surface area contributed by atoms with Crippen molar-refractivity contribution in [3.05, 3.63) is 58.9 Å². The Labute approximate surface area is 152 Å². The van der Waals surface area contributed by atoms with Crippen molar-refractivity contribution in [1.29, 1.82) is 0 Å². The molecule has 1 heterocycles. The SMILES string of the molecule is CCC[C@H]1CO[C@H](C#Cc2ccc(-c3ccc(Cl)c(F)c3)cc2)OC1. The molecule has 0 aliphatic carbocycles. The van der Waals surface area contributed by atoms with Gasteiger partial charge in [0.2, 0.25) is 6.29 Å². The highest BCUT2D eigenvalue weighted by atomic mass is 35.5. The molecule has 0 radical (unpaired) electrons. The number of ether oxygens (including phenoxy) is 2. The van der Waals surface area contributed by atoms with E-state index in [4.69, 9.17) is 21.1 Å². The van der Waals surface area contributed by atoms with Crippen LogP contribution in [0.5, 0.6) is 0 Å². The Kier molecular flexibility index (Phi) is 6.09. The molecule has 0 bridgehead atoms. The lowest BCUT2D eigenvalue weighted by Gasteiger charge is -2.26. The normalized spacial score (nSPS) is 20.0. The molecule has 0 aromatic heterocycles. The highest BCUT2D eigenvalue weighted by Gasteiger charge is 2.19. The second-order valence-electron chi connectivity index (χ2n) is 6.13. The standard InChI is InChI=1S/C21H20ClFO2/c1-2-3-16-13-24-21(25-14-16)11-6-15-4-7-17(8-5-15)18-9-10-19(22)20(23)12-18/h4-5,7-10,12,16,21H,2-3,13-14H2,1H3/t16-,21-. The lowest BCUT2D eigenvalue weighted by molar-refractivity contribution is -0.170. The summed E-state index contributed by atoms with van der Waals surface area (Å²) >= 11 is 5.72. The van der Waals surface area contributed by atoms with Crippen molar-refractivity contribution in [1.82, 2.24) is 0 Å². The molecule has 4 heteroatoms. The zero-order chi connectivity index (χ0) is 17.6. The van der Waals surface area contributed by atoms with E-state index < -0.39 is 12.1 Å². The Morgan fingerprint density at radius 2 is 1.76 bits per heavy atom. The van der Waals surface area contributed by atoms with Crippen LogP contribution in [0.15, 0.2) is 42.5 Å². The van der Waals surface area contributed by atoms with E-state index in [9.17, 15) is 4.39 Å². The first kappa shape index (κ1) is 17.9. The van der Waals surface area contributed by atoms with Gasteiger partial charge in [-0.05, 0) is 47.7 Å². The summed E-state index contributed by atoms with van der Waals surface area (Å²) < 4.78 is 24.8. The number of rotatable bonds is 3. The molecule has 2 aromatic rings. The molecule has 0 unspecified atom stereocenters. The summed E-state index contributed by atoms with van der Waals surface area (Å²) in [6, 6.07) is 12.4. The maximum absolute atomic E-state index is 13.6. The van der Waals surface area contributed by atoms with Gasteiger partial charge < -0.3 is 9.47 Å². The Bertz CT molecular complexity index is 769. The average molecular weight is 359 g/mol. The predicted molar refractivity (Wildman–Crippen MR) is 97.8 cm³/mol. The molecule has 25 heavy (non-hydrogen) atoms. The molecule has 1 aliphatic heterocycles. The van der Waals surface area contributed by atoms with Gasteiger partial charge in [0, 0.05) is 11.5 Å². The van der Waals surface area contributed by atoms with Gasteiger partial charge in [-0.2, -0.15) is 0 Å². The molecular weight excluding hydrogens is 339 g/mol. The van der Waals surface area contributed by atoms with Crippen LogP contribution in [0.2, 0.25) is 5.02 Å². The van der Waals surface area contributed by atoms with Crippen molar-refractivity contribution in [3.63, 3.8) is 0 Å². The highest BCUT2D eigenvalue weighted by molar-refractivity contribution is 6.30. The van der Waals surface area contributed by atoms with E-state index in [-0.39, 0.29) is 5.02 Å². The maximum atomic E-state index is 13.6. The molecule has 0 amide bonds. The molecule has 3 rings (SSSR count). The molecule has 1 saturated heterocycles. The maximum Gasteiger partial charge on any atom is 0.222 e. The summed E-state index contributed by atoms with van der Waals surface area (Å²) in [5.74, 6) is 6.12. The van der Waals surface area contributed by atoms with E-state index >= 15 is 0 Å². The van der Waals surface area contributed by atoms with Crippen LogP contribution >= 0.6 is 11.6 Å². The van der Waals surface area contributed by atoms with E-state index in [1.165, 1.54) is 6.07 Å². The molecule has 1 fully saturated rings. The van der Waals surface area contributed by atoms with Crippen molar-refractivity contribution >= 4 is 11.6 Å². The fraction of sp³-hybridized carbons (Fsp3) is 0.333. The number of benzene rings is 2. The van der Waals surface area contributed by atoms with Crippen LogP contribution in [0.25, 0.3) is 11.1 Å². The molecule has 2 nitrogen and oxygen atoms in total. The van der Waals surface area contributed by atoms with E-state index in [2.05, 4.69) is 18.8 Å². The van der Waals surface area contributed by atoms with Gasteiger partial charge >= 0.3 is 0 Å². The quantitative estimate of drug-likeness (QED) is 0.694. The highest BCUT2D eigenvalue weighted by Crippen LogP contribution is 2.24. The van der Waals surface area contributed by atoms with Gasteiger partial charge in [0.05, 0.1) is 18.2 Å². The number of hydrogen-bond donors (Lipinski definition) is 0. The minimum Gasteiger partial charge on any atom is -0.342 e. The van der Waals surface area contributed by atoms with Gasteiger partial charge in [-0.25, -0.2) is 4.39 Å². The number of hydrogen-bond acceptors (Lipinski definition) is 2. The molecule has 1 aliphatic rings.